The SMILES string of the molecule is O=C(CCCc1c(-c2ccccn2)[nH]c2ccc(Cl)cc12)N(Cc1ccccc1)Cc1ccccc1. The zero-order valence-corrected chi connectivity index (χ0v) is 20.8. The summed E-state index contributed by atoms with van der Waals surface area (Å²) in [6.07, 6.45) is 3.75. The lowest BCUT2D eigenvalue weighted by Crippen LogP contribution is -2.30. The zero-order chi connectivity index (χ0) is 24.7. The fraction of sp³-hybridized carbons (Fsp3) is 0.161. The van der Waals surface area contributed by atoms with Gasteiger partial charge in [-0.25, -0.2) is 0 Å². The van der Waals surface area contributed by atoms with Crippen LogP contribution in [0.3, 0.4) is 0 Å². The number of carbonyl (C=O) groups is 1. The number of aryl methyl sites for hydroxylation is 1. The van der Waals surface area contributed by atoms with E-state index in [1.165, 1.54) is 0 Å². The van der Waals surface area contributed by atoms with E-state index in [1.807, 2.05) is 77.7 Å². The second-order valence-corrected chi connectivity index (χ2v) is 9.39. The van der Waals surface area contributed by atoms with Crippen LogP contribution >= 0.6 is 11.6 Å². The second-order valence-electron chi connectivity index (χ2n) is 8.96. The standard InChI is InChI=1S/C31H28ClN3O/c32-25-17-18-28-27(20-25)26(31(34-28)29-15-7-8-19-33-29)14-9-16-30(36)35(21-23-10-3-1-4-11-23)22-24-12-5-2-6-13-24/h1-8,10-13,15,17-20,34H,9,14,16,21-22H2. The highest BCUT2D eigenvalue weighted by atomic mass is 35.5. The Morgan fingerprint density at radius 2 is 1.50 bits per heavy atom. The van der Waals surface area contributed by atoms with Crippen molar-refractivity contribution >= 4 is 28.4 Å². The normalized spacial score (nSPS) is 11.0. The predicted molar refractivity (Wildman–Crippen MR) is 147 cm³/mol. The Hall–Kier alpha value is -3.89. The van der Waals surface area contributed by atoms with E-state index in [1.54, 1.807) is 6.20 Å². The molecule has 0 spiro atoms. The van der Waals surface area contributed by atoms with E-state index in [0.717, 1.165) is 51.8 Å². The Bertz CT molecular complexity index is 1390. The predicted octanol–water partition coefficient (Wildman–Crippen LogP) is 7.44. The van der Waals surface area contributed by atoms with Crippen molar-refractivity contribution in [1.29, 1.82) is 0 Å². The third kappa shape index (κ3) is 5.67. The number of aromatic nitrogens is 2. The maximum absolute atomic E-state index is 13.4. The minimum absolute atomic E-state index is 0.153. The first-order valence-electron chi connectivity index (χ1n) is 12.2. The van der Waals surface area contributed by atoms with Gasteiger partial charge in [0.1, 0.15) is 0 Å². The van der Waals surface area contributed by atoms with Gasteiger partial charge in [-0.2, -0.15) is 0 Å². The molecule has 2 aromatic heterocycles. The van der Waals surface area contributed by atoms with Crippen LogP contribution in [-0.2, 0) is 24.3 Å². The van der Waals surface area contributed by atoms with E-state index in [-0.39, 0.29) is 5.91 Å². The minimum Gasteiger partial charge on any atom is -0.353 e. The number of fused-ring (bicyclic) bond motifs is 1. The van der Waals surface area contributed by atoms with E-state index in [9.17, 15) is 4.79 Å². The third-order valence-electron chi connectivity index (χ3n) is 6.39. The van der Waals surface area contributed by atoms with E-state index in [0.29, 0.717) is 24.5 Å². The first-order valence-corrected chi connectivity index (χ1v) is 12.6. The topological polar surface area (TPSA) is 49.0 Å². The van der Waals surface area contributed by atoms with Crippen molar-refractivity contribution in [3.63, 3.8) is 0 Å². The lowest BCUT2D eigenvalue weighted by molar-refractivity contribution is -0.132. The van der Waals surface area contributed by atoms with Gasteiger partial charge < -0.3 is 9.88 Å². The number of nitrogens with zero attached hydrogens (tertiary/aromatic N) is 2. The van der Waals surface area contributed by atoms with Crippen LogP contribution in [0.4, 0.5) is 0 Å². The molecule has 5 heteroatoms. The van der Waals surface area contributed by atoms with Gasteiger partial charge in [-0.3, -0.25) is 9.78 Å². The second kappa shape index (κ2) is 11.2. The number of pyridine rings is 1. The molecule has 0 saturated carbocycles. The van der Waals surface area contributed by atoms with Gasteiger partial charge in [0.15, 0.2) is 0 Å². The summed E-state index contributed by atoms with van der Waals surface area (Å²) in [7, 11) is 0. The smallest absolute Gasteiger partial charge is 0.223 e. The molecule has 36 heavy (non-hydrogen) atoms. The average molecular weight is 494 g/mol. The van der Waals surface area contributed by atoms with Crippen LogP contribution in [-0.4, -0.2) is 20.8 Å². The molecule has 1 amide bonds. The monoisotopic (exact) mass is 493 g/mol. The minimum atomic E-state index is 0.153. The van der Waals surface area contributed by atoms with Gasteiger partial charge in [-0.15, -0.1) is 0 Å². The first-order chi connectivity index (χ1) is 17.7. The van der Waals surface area contributed by atoms with Crippen molar-refractivity contribution in [3.05, 3.63) is 125 Å². The largest absolute Gasteiger partial charge is 0.353 e. The third-order valence-corrected chi connectivity index (χ3v) is 6.63. The summed E-state index contributed by atoms with van der Waals surface area (Å²) in [6, 6.07) is 32.1. The van der Waals surface area contributed by atoms with Crippen LogP contribution in [0.25, 0.3) is 22.3 Å². The van der Waals surface area contributed by atoms with E-state index in [4.69, 9.17) is 11.6 Å². The quantitative estimate of drug-likeness (QED) is 0.232. The molecule has 1 N–H and O–H groups in total. The summed E-state index contributed by atoms with van der Waals surface area (Å²) < 4.78 is 0. The van der Waals surface area contributed by atoms with Crippen molar-refractivity contribution < 1.29 is 4.79 Å². The Morgan fingerprint density at radius 1 is 0.833 bits per heavy atom. The van der Waals surface area contributed by atoms with Crippen LogP contribution in [0.5, 0.6) is 0 Å². The number of rotatable bonds is 9. The van der Waals surface area contributed by atoms with Crippen LogP contribution in [0.2, 0.25) is 5.02 Å². The maximum Gasteiger partial charge on any atom is 0.223 e. The number of carbonyl (C=O) groups excluding carboxylic acids is 1. The van der Waals surface area contributed by atoms with Crippen molar-refractivity contribution in [2.75, 3.05) is 0 Å². The molecule has 3 aromatic carbocycles. The van der Waals surface area contributed by atoms with Gasteiger partial charge in [0.2, 0.25) is 5.91 Å². The molecule has 0 unspecified atom stereocenters. The van der Waals surface area contributed by atoms with Crippen LogP contribution in [0.15, 0.2) is 103 Å². The summed E-state index contributed by atoms with van der Waals surface area (Å²) in [4.78, 5) is 23.5. The number of halogens is 1. The summed E-state index contributed by atoms with van der Waals surface area (Å²) in [5.41, 5.74) is 6.32. The summed E-state index contributed by atoms with van der Waals surface area (Å²) in [5, 5.41) is 1.78. The van der Waals surface area contributed by atoms with Crippen molar-refractivity contribution in [3.8, 4) is 11.4 Å². The highest BCUT2D eigenvalue weighted by Crippen LogP contribution is 2.32. The molecule has 0 aliphatic carbocycles. The molecule has 4 nitrogen and oxygen atoms in total. The number of amides is 1. The Kier molecular flexibility index (Phi) is 7.44. The molecule has 5 rings (SSSR count). The van der Waals surface area contributed by atoms with Gasteiger partial charge in [-0.1, -0.05) is 78.3 Å². The summed E-state index contributed by atoms with van der Waals surface area (Å²) in [6.45, 7) is 1.19. The molecule has 0 atom stereocenters. The molecule has 0 radical (unpaired) electrons. The molecule has 180 valence electrons. The average Bonchev–Trinajstić information content (AvgIpc) is 3.27. The molecule has 0 aliphatic heterocycles. The lowest BCUT2D eigenvalue weighted by Gasteiger charge is -2.23. The number of H-pyrrole nitrogens is 1. The van der Waals surface area contributed by atoms with Crippen LogP contribution < -0.4 is 0 Å². The number of aromatic amines is 1. The Morgan fingerprint density at radius 3 is 2.14 bits per heavy atom. The zero-order valence-electron chi connectivity index (χ0n) is 20.0. The molecule has 2 heterocycles. The number of nitrogens with one attached hydrogen (secondary N) is 1. The molecule has 0 bridgehead atoms. The van der Waals surface area contributed by atoms with E-state index >= 15 is 0 Å². The van der Waals surface area contributed by atoms with Crippen molar-refractivity contribution in [2.24, 2.45) is 0 Å². The highest BCUT2D eigenvalue weighted by molar-refractivity contribution is 6.31. The number of hydrogen-bond acceptors (Lipinski definition) is 2. The van der Waals surface area contributed by atoms with Gasteiger partial charge in [-0.05, 0) is 59.9 Å². The highest BCUT2D eigenvalue weighted by Gasteiger charge is 2.18. The fourth-order valence-electron chi connectivity index (χ4n) is 4.62. The van der Waals surface area contributed by atoms with Gasteiger partial charge in [0.25, 0.3) is 0 Å². The van der Waals surface area contributed by atoms with Crippen molar-refractivity contribution in [1.82, 2.24) is 14.9 Å². The molecule has 0 fully saturated rings. The number of hydrogen-bond donors (Lipinski definition) is 1. The molecular formula is C31H28ClN3O. The van der Waals surface area contributed by atoms with E-state index in [2.05, 4.69) is 34.2 Å². The summed E-state index contributed by atoms with van der Waals surface area (Å²) >= 11 is 6.34. The molecular weight excluding hydrogens is 466 g/mol. The number of benzene rings is 3. The molecule has 5 aromatic rings. The van der Waals surface area contributed by atoms with E-state index < -0.39 is 0 Å². The van der Waals surface area contributed by atoms with Crippen LogP contribution in [0, 0.1) is 0 Å². The van der Waals surface area contributed by atoms with Crippen LogP contribution in [0.1, 0.15) is 29.5 Å². The first kappa shape index (κ1) is 23.8. The summed E-state index contributed by atoms with van der Waals surface area (Å²) in [5.74, 6) is 0.153. The molecule has 0 aliphatic rings. The van der Waals surface area contributed by atoms with Gasteiger partial charge in [0, 0.05) is 41.6 Å². The van der Waals surface area contributed by atoms with Gasteiger partial charge in [0.05, 0.1) is 11.4 Å². The van der Waals surface area contributed by atoms with Gasteiger partial charge >= 0.3 is 0 Å². The molecule has 0 saturated heterocycles. The lowest BCUT2D eigenvalue weighted by atomic mass is 10.0. The Balaban J connectivity index is 1.35. The fourth-order valence-corrected chi connectivity index (χ4v) is 4.80. The van der Waals surface area contributed by atoms with Crippen molar-refractivity contribution in [2.45, 2.75) is 32.4 Å². The maximum atomic E-state index is 13.4. The Labute approximate surface area is 216 Å².